The Morgan fingerprint density at radius 1 is 1.05 bits per heavy atom. The van der Waals surface area contributed by atoms with Gasteiger partial charge in [-0.05, 0) is 24.6 Å². The first-order valence-electron chi connectivity index (χ1n) is 5.91. The standard InChI is InChI=1S/C14H14N2O3S/c1-11(12-7-3-2-4-8-12)15-16-13-9-5-6-10-14(13)20(17,18)19/h2-10,16H,1H3,(H,17,18,19). The molecule has 0 atom stereocenters. The fraction of sp³-hybridized carbons (Fsp3) is 0.0714. The minimum absolute atomic E-state index is 0.204. The van der Waals surface area contributed by atoms with Crippen LogP contribution in [0.4, 0.5) is 5.69 Å². The van der Waals surface area contributed by atoms with Crippen LogP contribution in [0.1, 0.15) is 12.5 Å². The van der Waals surface area contributed by atoms with E-state index >= 15 is 0 Å². The average Bonchev–Trinajstić information content (AvgIpc) is 2.45. The van der Waals surface area contributed by atoms with Crippen LogP contribution in [0.2, 0.25) is 0 Å². The van der Waals surface area contributed by atoms with Gasteiger partial charge in [0.2, 0.25) is 0 Å². The Morgan fingerprint density at radius 3 is 2.30 bits per heavy atom. The number of hydrogen-bond acceptors (Lipinski definition) is 4. The third kappa shape index (κ3) is 3.43. The van der Waals surface area contributed by atoms with Gasteiger partial charge in [0.25, 0.3) is 10.1 Å². The Bertz CT molecular complexity index is 725. The SMILES string of the molecule is CC(=NNc1ccccc1S(=O)(=O)O)c1ccccc1. The van der Waals surface area contributed by atoms with Crippen LogP contribution in [0.3, 0.4) is 0 Å². The predicted molar refractivity (Wildman–Crippen MR) is 78.5 cm³/mol. The number of rotatable bonds is 4. The molecule has 0 fully saturated rings. The molecule has 20 heavy (non-hydrogen) atoms. The summed E-state index contributed by atoms with van der Waals surface area (Å²) in [6.45, 7) is 1.80. The molecule has 0 spiro atoms. The normalized spacial score (nSPS) is 12.2. The first kappa shape index (κ1) is 14.2. The molecule has 0 saturated carbocycles. The van der Waals surface area contributed by atoms with E-state index in [1.807, 2.05) is 30.3 Å². The van der Waals surface area contributed by atoms with Gasteiger partial charge in [-0.25, -0.2) is 0 Å². The van der Waals surface area contributed by atoms with Gasteiger partial charge in [0.05, 0.1) is 11.4 Å². The highest BCUT2D eigenvalue weighted by Crippen LogP contribution is 2.20. The lowest BCUT2D eigenvalue weighted by Gasteiger charge is -2.07. The van der Waals surface area contributed by atoms with Gasteiger partial charge in [-0.15, -0.1) is 0 Å². The van der Waals surface area contributed by atoms with Crippen molar-refractivity contribution < 1.29 is 13.0 Å². The third-order valence-electron chi connectivity index (χ3n) is 2.70. The first-order valence-corrected chi connectivity index (χ1v) is 7.35. The van der Waals surface area contributed by atoms with Gasteiger partial charge < -0.3 is 0 Å². The highest BCUT2D eigenvalue weighted by atomic mass is 32.2. The molecule has 104 valence electrons. The van der Waals surface area contributed by atoms with Crippen LogP contribution in [0.15, 0.2) is 64.6 Å². The van der Waals surface area contributed by atoms with Crippen LogP contribution in [-0.4, -0.2) is 18.7 Å². The molecule has 5 nitrogen and oxygen atoms in total. The van der Waals surface area contributed by atoms with E-state index in [1.54, 1.807) is 13.0 Å². The average molecular weight is 290 g/mol. The summed E-state index contributed by atoms with van der Waals surface area (Å²) in [7, 11) is -4.28. The molecular formula is C14H14N2O3S. The second-order valence-corrected chi connectivity index (χ2v) is 5.54. The molecule has 2 aromatic carbocycles. The van der Waals surface area contributed by atoms with Crippen molar-refractivity contribution in [3.8, 4) is 0 Å². The zero-order valence-electron chi connectivity index (χ0n) is 10.8. The molecule has 0 bridgehead atoms. The van der Waals surface area contributed by atoms with Gasteiger partial charge in [-0.1, -0.05) is 42.5 Å². The number of hydrazone groups is 1. The van der Waals surface area contributed by atoms with E-state index in [2.05, 4.69) is 10.5 Å². The van der Waals surface area contributed by atoms with Gasteiger partial charge >= 0.3 is 0 Å². The van der Waals surface area contributed by atoms with Gasteiger partial charge in [0.1, 0.15) is 4.90 Å². The van der Waals surface area contributed by atoms with Crippen molar-refractivity contribution in [1.82, 2.24) is 0 Å². The van der Waals surface area contributed by atoms with Crippen molar-refractivity contribution >= 4 is 21.5 Å². The Labute approximate surface area is 117 Å². The molecule has 0 saturated heterocycles. The Morgan fingerprint density at radius 2 is 1.65 bits per heavy atom. The first-order chi connectivity index (χ1) is 9.48. The van der Waals surface area contributed by atoms with E-state index in [0.29, 0.717) is 5.71 Å². The molecule has 2 aromatic rings. The molecule has 6 heteroatoms. The zero-order chi connectivity index (χ0) is 14.6. The van der Waals surface area contributed by atoms with Crippen LogP contribution in [0.5, 0.6) is 0 Å². The minimum Gasteiger partial charge on any atom is -0.282 e. The molecule has 0 heterocycles. The van der Waals surface area contributed by atoms with Crippen LogP contribution in [-0.2, 0) is 10.1 Å². The third-order valence-corrected chi connectivity index (χ3v) is 3.61. The highest BCUT2D eigenvalue weighted by molar-refractivity contribution is 7.86. The van der Waals surface area contributed by atoms with Crippen molar-refractivity contribution in [1.29, 1.82) is 0 Å². The maximum absolute atomic E-state index is 11.2. The lowest BCUT2D eigenvalue weighted by atomic mass is 10.1. The summed E-state index contributed by atoms with van der Waals surface area (Å²) in [5.74, 6) is 0. The molecule has 0 aliphatic carbocycles. The summed E-state index contributed by atoms with van der Waals surface area (Å²) in [5.41, 5.74) is 4.52. The maximum atomic E-state index is 11.2. The van der Waals surface area contributed by atoms with Crippen molar-refractivity contribution in [3.05, 3.63) is 60.2 Å². The molecule has 0 unspecified atom stereocenters. The summed E-state index contributed by atoms with van der Waals surface area (Å²) in [6, 6.07) is 15.5. The largest absolute Gasteiger partial charge is 0.296 e. The molecular weight excluding hydrogens is 276 g/mol. The quantitative estimate of drug-likeness (QED) is 0.515. The summed E-state index contributed by atoms with van der Waals surface area (Å²) in [6.07, 6.45) is 0. The lowest BCUT2D eigenvalue weighted by molar-refractivity contribution is 0.483. The number of anilines is 1. The highest BCUT2D eigenvalue weighted by Gasteiger charge is 2.14. The predicted octanol–water partition coefficient (Wildman–Crippen LogP) is 2.77. The lowest BCUT2D eigenvalue weighted by Crippen LogP contribution is -2.05. The molecule has 0 aliphatic heterocycles. The fourth-order valence-electron chi connectivity index (χ4n) is 1.67. The summed E-state index contributed by atoms with van der Waals surface area (Å²) < 4.78 is 31.6. The van der Waals surface area contributed by atoms with Gasteiger partial charge in [0.15, 0.2) is 0 Å². The number of nitrogens with zero attached hydrogens (tertiary/aromatic N) is 1. The Balaban J connectivity index is 2.28. The summed E-state index contributed by atoms with van der Waals surface area (Å²) in [5, 5.41) is 4.13. The van der Waals surface area contributed by atoms with Crippen LogP contribution in [0, 0.1) is 0 Å². The number of nitrogens with one attached hydrogen (secondary N) is 1. The van der Waals surface area contributed by atoms with Gasteiger partial charge in [0, 0.05) is 0 Å². The summed E-state index contributed by atoms with van der Waals surface area (Å²) in [4.78, 5) is -0.204. The van der Waals surface area contributed by atoms with E-state index in [-0.39, 0.29) is 10.6 Å². The van der Waals surface area contributed by atoms with Crippen LogP contribution < -0.4 is 5.43 Å². The maximum Gasteiger partial charge on any atom is 0.296 e. The number of para-hydroxylation sites is 1. The van der Waals surface area contributed by atoms with Crippen molar-refractivity contribution in [2.24, 2.45) is 5.10 Å². The smallest absolute Gasteiger partial charge is 0.282 e. The van der Waals surface area contributed by atoms with Crippen molar-refractivity contribution in [2.75, 3.05) is 5.43 Å². The van der Waals surface area contributed by atoms with E-state index in [1.165, 1.54) is 18.2 Å². The molecule has 2 N–H and O–H groups in total. The molecule has 0 aromatic heterocycles. The minimum atomic E-state index is -4.28. The summed E-state index contributed by atoms with van der Waals surface area (Å²) >= 11 is 0. The monoisotopic (exact) mass is 290 g/mol. The topological polar surface area (TPSA) is 78.8 Å². The van der Waals surface area contributed by atoms with E-state index in [9.17, 15) is 8.42 Å². The fourth-order valence-corrected chi connectivity index (χ4v) is 2.31. The molecule has 0 amide bonds. The zero-order valence-corrected chi connectivity index (χ0v) is 11.6. The Kier molecular flexibility index (Phi) is 4.16. The van der Waals surface area contributed by atoms with Gasteiger partial charge in [-0.3, -0.25) is 9.98 Å². The van der Waals surface area contributed by atoms with E-state index in [0.717, 1.165) is 5.56 Å². The number of hydrogen-bond donors (Lipinski definition) is 2. The van der Waals surface area contributed by atoms with E-state index < -0.39 is 10.1 Å². The molecule has 2 rings (SSSR count). The van der Waals surface area contributed by atoms with Crippen molar-refractivity contribution in [2.45, 2.75) is 11.8 Å². The second-order valence-electron chi connectivity index (χ2n) is 4.15. The molecule has 0 radical (unpaired) electrons. The second kappa shape index (κ2) is 5.85. The van der Waals surface area contributed by atoms with Crippen LogP contribution in [0.25, 0.3) is 0 Å². The van der Waals surface area contributed by atoms with Crippen molar-refractivity contribution in [3.63, 3.8) is 0 Å². The number of benzene rings is 2. The van der Waals surface area contributed by atoms with Crippen LogP contribution >= 0.6 is 0 Å². The molecule has 0 aliphatic rings. The Hall–Kier alpha value is -2.18. The van der Waals surface area contributed by atoms with Gasteiger partial charge in [-0.2, -0.15) is 13.5 Å². The van der Waals surface area contributed by atoms with E-state index in [4.69, 9.17) is 4.55 Å².